The molecule has 0 fully saturated rings. The molecule has 4 rings (SSSR count). The van der Waals surface area contributed by atoms with Crippen molar-refractivity contribution in [2.24, 2.45) is 0 Å². The summed E-state index contributed by atoms with van der Waals surface area (Å²) in [7, 11) is 0. The fourth-order valence-electron chi connectivity index (χ4n) is 2.63. The topological polar surface area (TPSA) is 69.9 Å². The molecule has 0 saturated carbocycles. The molecular formula is C21H15FN4O2S. The number of hydrogen-bond donors (Lipinski definition) is 0. The minimum atomic E-state index is -0.591. The molecule has 0 bridgehead atoms. The summed E-state index contributed by atoms with van der Waals surface area (Å²) in [4.78, 5) is 13.8. The second kappa shape index (κ2) is 8.57. The molecule has 4 aromatic rings. The maximum Gasteiger partial charge on any atom is 0.357 e. The largest absolute Gasteiger partial charge is 0.456 e. The van der Waals surface area contributed by atoms with Gasteiger partial charge in [0, 0.05) is 10.4 Å². The van der Waals surface area contributed by atoms with E-state index in [4.69, 9.17) is 4.74 Å². The van der Waals surface area contributed by atoms with Gasteiger partial charge in [-0.15, -0.1) is 16.4 Å². The molecule has 2 heterocycles. The van der Waals surface area contributed by atoms with Crippen LogP contribution in [0.15, 0.2) is 72.1 Å². The quantitative estimate of drug-likeness (QED) is 0.353. The number of thiophene rings is 1. The van der Waals surface area contributed by atoms with Gasteiger partial charge in [0.25, 0.3) is 0 Å². The molecule has 0 atom stereocenters. The van der Waals surface area contributed by atoms with E-state index in [0.717, 1.165) is 10.4 Å². The standard InChI is InChI=1S/C21H15FN4O2S/c22-17-10-8-15(9-11-17)14-28-21(27)19(13-18-7-4-12-29-18)26-20(23-24-25-26)16-5-2-1-3-6-16/h1-13H,14H2/b19-13-. The Morgan fingerprint density at radius 1 is 1.07 bits per heavy atom. The second-order valence-electron chi connectivity index (χ2n) is 6.03. The van der Waals surface area contributed by atoms with Crippen LogP contribution in [0.5, 0.6) is 0 Å². The molecule has 0 radical (unpaired) electrons. The summed E-state index contributed by atoms with van der Waals surface area (Å²) in [6.07, 6.45) is 1.68. The van der Waals surface area contributed by atoms with Crippen LogP contribution < -0.4 is 0 Å². The van der Waals surface area contributed by atoms with Crippen molar-refractivity contribution in [2.45, 2.75) is 6.61 Å². The van der Waals surface area contributed by atoms with Crippen molar-refractivity contribution in [3.8, 4) is 11.4 Å². The summed E-state index contributed by atoms with van der Waals surface area (Å²) in [5, 5.41) is 13.7. The number of tetrazole rings is 1. The Morgan fingerprint density at radius 3 is 2.59 bits per heavy atom. The summed E-state index contributed by atoms with van der Waals surface area (Å²) in [5.74, 6) is -0.515. The van der Waals surface area contributed by atoms with Gasteiger partial charge in [0.2, 0.25) is 0 Å². The first-order valence-electron chi connectivity index (χ1n) is 8.71. The van der Waals surface area contributed by atoms with E-state index < -0.39 is 5.97 Å². The minimum Gasteiger partial charge on any atom is -0.456 e. The van der Waals surface area contributed by atoms with Gasteiger partial charge in [0.1, 0.15) is 12.4 Å². The highest BCUT2D eigenvalue weighted by atomic mass is 32.1. The van der Waals surface area contributed by atoms with Crippen LogP contribution in [0.2, 0.25) is 0 Å². The molecule has 6 nitrogen and oxygen atoms in total. The van der Waals surface area contributed by atoms with E-state index in [0.29, 0.717) is 11.4 Å². The number of rotatable bonds is 6. The average Bonchev–Trinajstić information content (AvgIpc) is 3.44. The Bertz CT molecular complexity index is 1120. The highest BCUT2D eigenvalue weighted by molar-refractivity contribution is 7.10. The molecule has 0 saturated heterocycles. The van der Waals surface area contributed by atoms with Gasteiger partial charge in [0.05, 0.1) is 0 Å². The zero-order valence-electron chi connectivity index (χ0n) is 15.1. The Morgan fingerprint density at radius 2 is 1.86 bits per heavy atom. The fraction of sp³-hybridized carbons (Fsp3) is 0.0476. The van der Waals surface area contributed by atoms with Crippen molar-refractivity contribution in [1.82, 2.24) is 20.2 Å². The lowest BCUT2D eigenvalue weighted by Gasteiger charge is -2.10. The summed E-state index contributed by atoms with van der Waals surface area (Å²) in [6, 6.07) is 18.9. The molecule has 8 heteroatoms. The Hall–Kier alpha value is -3.65. The molecular weight excluding hydrogens is 391 g/mol. The van der Waals surface area contributed by atoms with Crippen LogP contribution in [-0.4, -0.2) is 26.2 Å². The van der Waals surface area contributed by atoms with Crippen molar-refractivity contribution in [2.75, 3.05) is 0 Å². The third-order valence-corrected chi connectivity index (χ3v) is 4.86. The number of ether oxygens (including phenoxy) is 1. The number of esters is 1. The summed E-state index contributed by atoms with van der Waals surface area (Å²) in [6.45, 7) is 0.00366. The van der Waals surface area contributed by atoms with Crippen LogP contribution in [0.3, 0.4) is 0 Å². The van der Waals surface area contributed by atoms with E-state index in [1.54, 1.807) is 18.2 Å². The van der Waals surface area contributed by atoms with Crippen LogP contribution in [0.1, 0.15) is 10.4 Å². The molecule has 0 amide bonds. The SMILES string of the molecule is O=C(OCc1ccc(F)cc1)/C(=C/c1cccs1)n1nnnc1-c1ccccc1. The lowest BCUT2D eigenvalue weighted by Crippen LogP contribution is -2.15. The van der Waals surface area contributed by atoms with Crippen molar-refractivity contribution < 1.29 is 13.9 Å². The predicted octanol–water partition coefficient (Wildman–Crippen LogP) is 4.28. The van der Waals surface area contributed by atoms with Gasteiger partial charge in [-0.05, 0) is 45.6 Å². The van der Waals surface area contributed by atoms with E-state index in [-0.39, 0.29) is 18.1 Å². The molecule has 0 aliphatic heterocycles. The highest BCUT2D eigenvalue weighted by Gasteiger charge is 2.21. The van der Waals surface area contributed by atoms with Crippen molar-refractivity contribution in [1.29, 1.82) is 0 Å². The molecule has 0 aliphatic rings. The van der Waals surface area contributed by atoms with Crippen LogP contribution in [-0.2, 0) is 16.1 Å². The van der Waals surface area contributed by atoms with Crippen LogP contribution in [0.25, 0.3) is 23.2 Å². The third kappa shape index (κ3) is 4.44. The summed E-state index contributed by atoms with van der Waals surface area (Å²) >= 11 is 1.48. The Balaban J connectivity index is 1.65. The maximum atomic E-state index is 13.1. The van der Waals surface area contributed by atoms with Gasteiger partial charge in [-0.3, -0.25) is 0 Å². The Labute approximate surface area is 169 Å². The van der Waals surface area contributed by atoms with Crippen LogP contribution >= 0.6 is 11.3 Å². The number of halogens is 1. The van der Waals surface area contributed by atoms with Gasteiger partial charge in [-0.2, -0.15) is 4.68 Å². The normalized spacial score (nSPS) is 11.4. The van der Waals surface area contributed by atoms with Gasteiger partial charge < -0.3 is 4.74 Å². The number of carbonyl (C=O) groups is 1. The van der Waals surface area contributed by atoms with Gasteiger partial charge in [-0.1, -0.05) is 48.5 Å². The van der Waals surface area contributed by atoms with Gasteiger partial charge in [-0.25, -0.2) is 9.18 Å². The highest BCUT2D eigenvalue weighted by Crippen LogP contribution is 2.23. The molecule has 0 aliphatic carbocycles. The van der Waals surface area contributed by atoms with E-state index in [1.807, 2.05) is 47.8 Å². The van der Waals surface area contributed by atoms with Crippen molar-refractivity contribution in [3.05, 3.63) is 88.4 Å². The number of carbonyl (C=O) groups excluding carboxylic acids is 1. The first-order valence-corrected chi connectivity index (χ1v) is 9.59. The molecule has 0 unspecified atom stereocenters. The van der Waals surface area contributed by atoms with Gasteiger partial charge in [0.15, 0.2) is 11.5 Å². The van der Waals surface area contributed by atoms with Crippen LogP contribution in [0.4, 0.5) is 4.39 Å². The lowest BCUT2D eigenvalue weighted by atomic mass is 10.2. The maximum absolute atomic E-state index is 13.1. The first-order chi connectivity index (χ1) is 14.2. The lowest BCUT2D eigenvalue weighted by molar-refractivity contribution is -0.138. The third-order valence-electron chi connectivity index (χ3n) is 4.04. The van der Waals surface area contributed by atoms with Gasteiger partial charge >= 0.3 is 5.97 Å². The molecule has 144 valence electrons. The number of aromatic nitrogens is 4. The molecule has 0 spiro atoms. The number of nitrogens with zero attached hydrogens (tertiary/aromatic N) is 4. The fourth-order valence-corrected chi connectivity index (χ4v) is 3.29. The van der Waals surface area contributed by atoms with Crippen LogP contribution in [0, 0.1) is 5.82 Å². The zero-order valence-corrected chi connectivity index (χ0v) is 15.9. The number of hydrogen-bond acceptors (Lipinski definition) is 6. The molecule has 2 aromatic carbocycles. The predicted molar refractivity (Wildman–Crippen MR) is 108 cm³/mol. The first kappa shape index (κ1) is 18.7. The zero-order chi connectivity index (χ0) is 20.1. The smallest absolute Gasteiger partial charge is 0.357 e. The Kier molecular flexibility index (Phi) is 5.53. The van der Waals surface area contributed by atoms with E-state index in [1.165, 1.54) is 28.2 Å². The van der Waals surface area contributed by atoms with Crippen molar-refractivity contribution in [3.63, 3.8) is 0 Å². The average molecular weight is 406 g/mol. The van der Waals surface area contributed by atoms with E-state index >= 15 is 0 Å². The van der Waals surface area contributed by atoms with E-state index in [2.05, 4.69) is 15.5 Å². The monoisotopic (exact) mass is 406 g/mol. The minimum absolute atomic E-state index is 0.00366. The molecule has 29 heavy (non-hydrogen) atoms. The number of benzene rings is 2. The summed E-state index contributed by atoms with van der Waals surface area (Å²) < 4.78 is 19.9. The molecule has 0 N–H and O–H groups in total. The summed E-state index contributed by atoms with van der Waals surface area (Å²) in [5.41, 5.74) is 1.62. The molecule has 2 aromatic heterocycles. The van der Waals surface area contributed by atoms with Crippen molar-refractivity contribution >= 4 is 29.1 Å². The van der Waals surface area contributed by atoms with E-state index in [9.17, 15) is 9.18 Å². The second-order valence-corrected chi connectivity index (χ2v) is 7.01.